The van der Waals surface area contributed by atoms with Gasteiger partial charge in [0.05, 0.1) is 6.54 Å². The van der Waals surface area contributed by atoms with Gasteiger partial charge < -0.3 is 5.32 Å². The maximum atomic E-state index is 3.47. The van der Waals surface area contributed by atoms with E-state index >= 15 is 0 Å². The third-order valence-corrected chi connectivity index (χ3v) is 3.49. The summed E-state index contributed by atoms with van der Waals surface area (Å²) in [5, 5.41) is 3.40. The van der Waals surface area contributed by atoms with Gasteiger partial charge in [-0.25, -0.2) is 0 Å². The summed E-state index contributed by atoms with van der Waals surface area (Å²) in [4.78, 5) is 0. The van der Waals surface area contributed by atoms with E-state index in [1.54, 1.807) is 0 Å². The second-order valence-corrected chi connectivity index (χ2v) is 4.87. The number of benzene rings is 1. The fourth-order valence-electron chi connectivity index (χ4n) is 2.43. The van der Waals surface area contributed by atoms with Gasteiger partial charge in [0.25, 0.3) is 0 Å². The molecule has 0 aromatic heterocycles. The van der Waals surface area contributed by atoms with Crippen LogP contribution in [0.3, 0.4) is 0 Å². The van der Waals surface area contributed by atoms with Crippen molar-refractivity contribution < 1.29 is 0 Å². The Bertz CT molecular complexity index is 317. The molecule has 0 amide bonds. The number of hydrogen-bond acceptors (Lipinski definition) is 1. The molecule has 1 aromatic rings. The molecule has 1 fully saturated rings. The van der Waals surface area contributed by atoms with E-state index in [-0.39, 0.29) is 0 Å². The van der Waals surface area contributed by atoms with E-state index in [1.807, 2.05) is 0 Å². The summed E-state index contributed by atoms with van der Waals surface area (Å²) in [6.07, 6.45) is 6.75. The minimum Gasteiger partial charge on any atom is -0.374 e. The number of para-hydroxylation sites is 1. The summed E-state index contributed by atoms with van der Waals surface area (Å²) >= 11 is 0. The SMILES string of the molecule is Cc1cccc(C)c1N[C]C1CCCCC1. The Labute approximate surface area is 99.3 Å². The molecule has 86 valence electrons. The Morgan fingerprint density at radius 2 is 1.69 bits per heavy atom. The van der Waals surface area contributed by atoms with Gasteiger partial charge >= 0.3 is 0 Å². The van der Waals surface area contributed by atoms with Crippen LogP contribution in [0, 0.1) is 26.3 Å². The van der Waals surface area contributed by atoms with E-state index in [0.717, 1.165) is 0 Å². The standard InChI is InChI=1S/C15H21N/c1-12-7-6-8-13(2)15(12)16-11-14-9-4-3-5-10-14/h6-8,14,16H,3-5,9-10H2,1-2H3. The van der Waals surface area contributed by atoms with Crippen LogP contribution in [-0.4, -0.2) is 0 Å². The summed E-state index contributed by atoms with van der Waals surface area (Å²) in [6, 6.07) is 6.41. The minimum atomic E-state index is 0.646. The quantitative estimate of drug-likeness (QED) is 0.740. The summed E-state index contributed by atoms with van der Waals surface area (Å²) in [6.45, 7) is 7.77. The van der Waals surface area contributed by atoms with E-state index in [2.05, 4.69) is 43.9 Å². The molecule has 2 rings (SSSR count). The first-order valence-corrected chi connectivity index (χ1v) is 6.35. The lowest BCUT2D eigenvalue weighted by Crippen LogP contribution is -2.12. The van der Waals surface area contributed by atoms with Crippen LogP contribution in [0.4, 0.5) is 5.69 Å². The van der Waals surface area contributed by atoms with Crippen LogP contribution in [0.5, 0.6) is 0 Å². The van der Waals surface area contributed by atoms with E-state index < -0.39 is 0 Å². The van der Waals surface area contributed by atoms with Crippen molar-refractivity contribution in [1.29, 1.82) is 0 Å². The van der Waals surface area contributed by atoms with Gasteiger partial charge in [-0.05, 0) is 43.7 Å². The zero-order valence-corrected chi connectivity index (χ0v) is 10.3. The Hall–Kier alpha value is -0.980. The Kier molecular flexibility index (Phi) is 3.87. The van der Waals surface area contributed by atoms with Gasteiger partial charge in [0, 0.05) is 5.69 Å². The third kappa shape index (κ3) is 2.78. The molecular formula is C15H21N. The second kappa shape index (κ2) is 5.38. The number of aryl methyl sites for hydroxylation is 2. The highest BCUT2D eigenvalue weighted by atomic mass is 14.9. The van der Waals surface area contributed by atoms with Gasteiger partial charge in [-0.1, -0.05) is 37.5 Å². The van der Waals surface area contributed by atoms with Crippen LogP contribution >= 0.6 is 0 Å². The number of hydrogen-bond donors (Lipinski definition) is 1. The van der Waals surface area contributed by atoms with Crippen LogP contribution in [0.1, 0.15) is 43.2 Å². The molecular weight excluding hydrogens is 194 g/mol. The van der Waals surface area contributed by atoms with Crippen LogP contribution in [-0.2, 0) is 0 Å². The molecule has 0 saturated heterocycles. The normalized spacial score (nSPS) is 17.4. The lowest BCUT2D eigenvalue weighted by molar-refractivity contribution is 0.400. The monoisotopic (exact) mass is 215 g/mol. The lowest BCUT2D eigenvalue weighted by atomic mass is 9.89. The first-order chi connectivity index (χ1) is 7.77. The molecule has 1 nitrogen and oxygen atoms in total. The lowest BCUT2D eigenvalue weighted by Gasteiger charge is -2.22. The second-order valence-electron chi connectivity index (χ2n) is 4.87. The first-order valence-electron chi connectivity index (χ1n) is 6.35. The van der Waals surface area contributed by atoms with Crippen molar-refractivity contribution in [3.05, 3.63) is 35.9 Å². The molecule has 0 heterocycles. The molecule has 0 bridgehead atoms. The smallest absolute Gasteiger partial charge is 0.0914 e. The summed E-state index contributed by atoms with van der Waals surface area (Å²) in [5.74, 6) is 0.646. The van der Waals surface area contributed by atoms with Gasteiger partial charge in [-0.15, -0.1) is 0 Å². The van der Waals surface area contributed by atoms with Crippen molar-refractivity contribution in [3.63, 3.8) is 0 Å². The van der Waals surface area contributed by atoms with Crippen LogP contribution < -0.4 is 5.32 Å². The molecule has 0 atom stereocenters. The van der Waals surface area contributed by atoms with Crippen molar-refractivity contribution in [2.24, 2.45) is 5.92 Å². The summed E-state index contributed by atoms with van der Waals surface area (Å²) < 4.78 is 0. The highest BCUT2D eigenvalue weighted by Gasteiger charge is 2.14. The largest absolute Gasteiger partial charge is 0.374 e. The topological polar surface area (TPSA) is 12.0 Å². The predicted octanol–water partition coefficient (Wildman–Crippen LogP) is 4.33. The average Bonchev–Trinajstić information content (AvgIpc) is 2.30. The Morgan fingerprint density at radius 3 is 2.31 bits per heavy atom. The Balaban J connectivity index is 1.93. The van der Waals surface area contributed by atoms with Gasteiger partial charge in [0.1, 0.15) is 0 Å². The first kappa shape index (κ1) is 11.5. The summed E-state index contributed by atoms with van der Waals surface area (Å²) in [5.41, 5.74) is 3.86. The maximum absolute atomic E-state index is 3.47. The molecule has 0 aliphatic heterocycles. The third-order valence-electron chi connectivity index (χ3n) is 3.49. The molecule has 1 aromatic carbocycles. The molecule has 2 radical (unpaired) electrons. The van der Waals surface area contributed by atoms with Crippen molar-refractivity contribution in [2.45, 2.75) is 46.0 Å². The molecule has 1 saturated carbocycles. The van der Waals surface area contributed by atoms with Gasteiger partial charge in [0.2, 0.25) is 0 Å². The van der Waals surface area contributed by atoms with Gasteiger partial charge in [-0.2, -0.15) is 0 Å². The fraction of sp³-hybridized carbons (Fsp3) is 0.533. The summed E-state index contributed by atoms with van der Waals surface area (Å²) in [7, 11) is 0. The van der Waals surface area contributed by atoms with Crippen LogP contribution in [0.25, 0.3) is 0 Å². The van der Waals surface area contributed by atoms with Crippen molar-refractivity contribution in [2.75, 3.05) is 5.32 Å². The highest BCUT2D eigenvalue weighted by molar-refractivity contribution is 5.57. The van der Waals surface area contributed by atoms with Crippen molar-refractivity contribution in [3.8, 4) is 0 Å². The highest BCUT2D eigenvalue weighted by Crippen LogP contribution is 2.27. The molecule has 0 unspecified atom stereocenters. The Morgan fingerprint density at radius 1 is 1.06 bits per heavy atom. The van der Waals surface area contributed by atoms with Crippen molar-refractivity contribution >= 4 is 5.69 Å². The fourth-order valence-corrected chi connectivity index (χ4v) is 2.43. The predicted molar refractivity (Wildman–Crippen MR) is 69.4 cm³/mol. The molecule has 1 heteroatoms. The van der Waals surface area contributed by atoms with E-state index in [1.165, 1.54) is 48.9 Å². The number of nitrogens with one attached hydrogen (secondary N) is 1. The zero-order valence-electron chi connectivity index (χ0n) is 10.3. The maximum Gasteiger partial charge on any atom is 0.0914 e. The number of anilines is 1. The van der Waals surface area contributed by atoms with E-state index in [0.29, 0.717) is 5.92 Å². The molecule has 16 heavy (non-hydrogen) atoms. The molecule has 1 aliphatic rings. The van der Waals surface area contributed by atoms with Crippen molar-refractivity contribution in [1.82, 2.24) is 0 Å². The van der Waals surface area contributed by atoms with E-state index in [4.69, 9.17) is 0 Å². The molecule has 1 N–H and O–H groups in total. The zero-order chi connectivity index (χ0) is 11.4. The molecule has 1 aliphatic carbocycles. The minimum absolute atomic E-state index is 0.646. The number of rotatable bonds is 3. The van der Waals surface area contributed by atoms with Gasteiger partial charge in [-0.3, -0.25) is 0 Å². The molecule has 0 spiro atoms. The average molecular weight is 215 g/mol. The van der Waals surface area contributed by atoms with Crippen LogP contribution in [0.15, 0.2) is 18.2 Å². The van der Waals surface area contributed by atoms with E-state index in [9.17, 15) is 0 Å². The van der Waals surface area contributed by atoms with Gasteiger partial charge in [0.15, 0.2) is 0 Å². The van der Waals surface area contributed by atoms with Crippen LogP contribution in [0.2, 0.25) is 0 Å².